The Labute approximate surface area is 208 Å². The number of carbonyl (C=O) groups is 1. The Morgan fingerprint density at radius 2 is 1.83 bits per heavy atom. The minimum Gasteiger partial charge on any atom is -0.494 e. The Balaban J connectivity index is 1.68. The van der Waals surface area contributed by atoms with Crippen LogP contribution in [0.1, 0.15) is 59.5 Å². The van der Waals surface area contributed by atoms with E-state index in [9.17, 15) is 9.59 Å². The molecule has 178 valence electrons. The third kappa shape index (κ3) is 4.32. The van der Waals surface area contributed by atoms with Crippen LogP contribution >= 0.6 is 11.6 Å². The lowest BCUT2D eigenvalue weighted by atomic mass is 9.98. The number of rotatable bonds is 7. The lowest BCUT2D eigenvalue weighted by Crippen LogP contribution is -2.29. The molecule has 1 aliphatic rings. The SMILES string of the molecule is CCCCCOc1cccc(C2c3c(oc4ccc(Cl)cc4c3=O)C(=O)N2c2cccc(C)c2)c1. The number of hydrogen-bond acceptors (Lipinski definition) is 4. The fraction of sp³-hybridized carbons (Fsp3) is 0.241. The van der Waals surface area contributed by atoms with Crippen LogP contribution < -0.4 is 15.1 Å². The number of anilines is 1. The van der Waals surface area contributed by atoms with E-state index in [1.54, 1.807) is 23.1 Å². The minimum atomic E-state index is -0.655. The lowest BCUT2D eigenvalue weighted by molar-refractivity contribution is 0.0971. The second-order valence-corrected chi connectivity index (χ2v) is 9.30. The van der Waals surface area contributed by atoms with Crippen LogP contribution in [0.25, 0.3) is 11.0 Å². The van der Waals surface area contributed by atoms with E-state index in [2.05, 4.69) is 6.92 Å². The van der Waals surface area contributed by atoms with Gasteiger partial charge in [-0.3, -0.25) is 14.5 Å². The van der Waals surface area contributed by atoms with Crippen molar-refractivity contribution in [3.63, 3.8) is 0 Å². The quantitative estimate of drug-likeness (QED) is 0.261. The number of aryl methyl sites for hydroxylation is 1. The Bertz CT molecular complexity index is 1480. The molecule has 2 heterocycles. The summed E-state index contributed by atoms with van der Waals surface area (Å²) >= 11 is 6.18. The fourth-order valence-corrected chi connectivity index (χ4v) is 4.79. The molecule has 0 bridgehead atoms. The van der Waals surface area contributed by atoms with Gasteiger partial charge in [-0.15, -0.1) is 0 Å². The van der Waals surface area contributed by atoms with Crippen LogP contribution in [-0.4, -0.2) is 12.5 Å². The first-order valence-electron chi connectivity index (χ1n) is 11.9. The molecule has 1 aromatic heterocycles. The average Bonchev–Trinajstić information content (AvgIpc) is 3.15. The Hall–Kier alpha value is -3.57. The molecular weight excluding hydrogens is 462 g/mol. The van der Waals surface area contributed by atoms with Crippen molar-refractivity contribution in [3.05, 3.63) is 104 Å². The zero-order valence-corrected chi connectivity index (χ0v) is 20.5. The number of hydrogen-bond donors (Lipinski definition) is 0. The van der Waals surface area contributed by atoms with Gasteiger partial charge in [0.15, 0.2) is 5.43 Å². The van der Waals surface area contributed by atoms with Gasteiger partial charge in [0.25, 0.3) is 5.91 Å². The van der Waals surface area contributed by atoms with E-state index in [-0.39, 0.29) is 17.1 Å². The summed E-state index contributed by atoms with van der Waals surface area (Å²) in [4.78, 5) is 29.1. The Morgan fingerprint density at radius 3 is 2.63 bits per heavy atom. The summed E-state index contributed by atoms with van der Waals surface area (Å²) in [5, 5.41) is 0.788. The summed E-state index contributed by atoms with van der Waals surface area (Å²) in [7, 11) is 0. The van der Waals surface area contributed by atoms with Crippen LogP contribution in [0, 0.1) is 6.92 Å². The van der Waals surface area contributed by atoms with Gasteiger partial charge in [0.2, 0.25) is 5.76 Å². The minimum absolute atomic E-state index is 0.0607. The normalized spacial score (nSPS) is 15.0. The van der Waals surface area contributed by atoms with Crippen LogP contribution in [0.2, 0.25) is 5.02 Å². The van der Waals surface area contributed by atoms with Gasteiger partial charge in [0.05, 0.1) is 23.6 Å². The van der Waals surface area contributed by atoms with E-state index in [1.807, 2.05) is 55.5 Å². The molecule has 5 nitrogen and oxygen atoms in total. The van der Waals surface area contributed by atoms with Gasteiger partial charge in [0, 0.05) is 10.7 Å². The maximum atomic E-state index is 13.7. The molecule has 0 aliphatic carbocycles. The summed E-state index contributed by atoms with van der Waals surface area (Å²) in [6, 6.07) is 19.5. The first kappa shape index (κ1) is 23.2. The second-order valence-electron chi connectivity index (χ2n) is 8.86. The molecule has 3 aromatic carbocycles. The summed E-state index contributed by atoms with van der Waals surface area (Å²) in [6.45, 7) is 4.73. The van der Waals surface area contributed by atoms with Crippen LogP contribution in [0.5, 0.6) is 5.75 Å². The molecule has 1 amide bonds. The predicted octanol–water partition coefficient (Wildman–Crippen LogP) is 7.07. The summed E-state index contributed by atoms with van der Waals surface area (Å²) in [5.74, 6) is 0.418. The van der Waals surface area contributed by atoms with E-state index >= 15 is 0 Å². The molecule has 0 N–H and O–H groups in total. The number of carbonyl (C=O) groups excluding carboxylic acids is 1. The molecule has 1 aliphatic heterocycles. The van der Waals surface area contributed by atoms with E-state index in [0.29, 0.717) is 39.6 Å². The van der Waals surface area contributed by atoms with Gasteiger partial charge < -0.3 is 9.15 Å². The van der Waals surface area contributed by atoms with Crippen molar-refractivity contribution in [1.29, 1.82) is 0 Å². The van der Waals surface area contributed by atoms with Crippen molar-refractivity contribution in [2.75, 3.05) is 11.5 Å². The van der Waals surface area contributed by atoms with Crippen molar-refractivity contribution in [2.45, 2.75) is 39.2 Å². The van der Waals surface area contributed by atoms with Gasteiger partial charge in [-0.05, 0) is 66.9 Å². The first-order valence-corrected chi connectivity index (χ1v) is 12.2. The number of benzene rings is 3. The molecule has 0 saturated heterocycles. The van der Waals surface area contributed by atoms with Crippen molar-refractivity contribution in [1.82, 2.24) is 0 Å². The first-order chi connectivity index (χ1) is 17.0. The monoisotopic (exact) mass is 487 g/mol. The largest absolute Gasteiger partial charge is 0.494 e. The van der Waals surface area contributed by atoms with E-state index in [4.69, 9.17) is 20.8 Å². The zero-order valence-electron chi connectivity index (χ0n) is 19.7. The lowest BCUT2D eigenvalue weighted by Gasteiger charge is -2.26. The van der Waals surface area contributed by atoms with Crippen molar-refractivity contribution >= 4 is 34.2 Å². The number of unbranched alkanes of at least 4 members (excludes halogenated alkanes) is 2. The van der Waals surface area contributed by atoms with Crippen LogP contribution in [-0.2, 0) is 0 Å². The van der Waals surface area contributed by atoms with Crippen molar-refractivity contribution in [2.24, 2.45) is 0 Å². The highest BCUT2D eigenvalue weighted by Gasteiger charge is 2.43. The van der Waals surface area contributed by atoms with E-state index < -0.39 is 6.04 Å². The van der Waals surface area contributed by atoms with Crippen LogP contribution in [0.3, 0.4) is 0 Å². The molecular formula is C29H26ClNO4. The van der Waals surface area contributed by atoms with Crippen LogP contribution in [0.4, 0.5) is 5.69 Å². The molecule has 4 aromatic rings. The van der Waals surface area contributed by atoms with Gasteiger partial charge in [0.1, 0.15) is 11.3 Å². The van der Waals surface area contributed by atoms with E-state index in [0.717, 1.165) is 30.4 Å². The third-order valence-corrected chi connectivity index (χ3v) is 6.54. The maximum absolute atomic E-state index is 13.7. The summed E-state index contributed by atoms with van der Waals surface area (Å²) in [6.07, 6.45) is 3.18. The number of ether oxygens (including phenoxy) is 1. The zero-order chi connectivity index (χ0) is 24.5. The molecule has 1 atom stereocenters. The molecule has 0 spiro atoms. The maximum Gasteiger partial charge on any atom is 0.295 e. The Kier molecular flexibility index (Phi) is 6.35. The second kappa shape index (κ2) is 9.59. The van der Waals surface area contributed by atoms with Gasteiger partial charge >= 0.3 is 0 Å². The average molecular weight is 488 g/mol. The number of fused-ring (bicyclic) bond motifs is 2. The fourth-order valence-electron chi connectivity index (χ4n) is 4.62. The van der Waals surface area contributed by atoms with E-state index in [1.165, 1.54) is 0 Å². The van der Waals surface area contributed by atoms with Gasteiger partial charge in [-0.1, -0.05) is 55.6 Å². The smallest absolute Gasteiger partial charge is 0.295 e. The molecule has 0 fully saturated rings. The summed E-state index contributed by atoms with van der Waals surface area (Å²) in [5.41, 5.74) is 2.88. The van der Waals surface area contributed by atoms with Crippen molar-refractivity contribution < 1.29 is 13.9 Å². The number of nitrogens with zero attached hydrogens (tertiary/aromatic N) is 1. The van der Waals surface area contributed by atoms with Crippen LogP contribution in [0.15, 0.2) is 75.9 Å². The standard InChI is InChI=1S/C29H26ClNO4/c1-3-4-5-14-34-22-11-7-9-19(16-22)26-25-27(32)23-17-20(30)12-13-24(23)35-28(25)29(33)31(26)21-10-6-8-18(2)15-21/h6-13,15-17,26H,3-5,14H2,1-2H3. The number of halogens is 1. The van der Waals surface area contributed by atoms with Gasteiger partial charge in [-0.2, -0.15) is 0 Å². The van der Waals surface area contributed by atoms with Crippen molar-refractivity contribution in [3.8, 4) is 5.75 Å². The molecule has 35 heavy (non-hydrogen) atoms. The topological polar surface area (TPSA) is 59.8 Å². The predicted molar refractivity (Wildman–Crippen MR) is 139 cm³/mol. The Morgan fingerprint density at radius 1 is 1.00 bits per heavy atom. The molecule has 1 unspecified atom stereocenters. The van der Waals surface area contributed by atoms with Gasteiger partial charge in [-0.25, -0.2) is 0 Å². The summed E-state index contributed by atoms with van der Waals surface area (Å²) < 4.78 is 12.0. The molecule has 6 heteroatoms. The highest BCUT2D eigenvalue weighted by molar-refractivity contribution is 6.31. The molecule has 5 rings (SSSR count). The molecule has 0 radical (unpaired) electrons. The molecule has 0 saturated carbocycles. The third-order valence-electron chi connectivity index (χ3n) is 6.30. The highest BCUT2D eigenvalue weighted by Crippen LogP contribution is 2.42. The number of amides is 1. The highest BCUT2D eigenvalue weighted by atomic mass is 35.5.